The summed E-state index contributed by atoms with van der Waals surface area (Å²) in [6, 6.07) is 9.53. The number of rotatable bonds is 6. The zero-order chi connectivity index (χ0) is 35.6. The Morgan fingerprint density at radius 2 is 1.96 bits per heavy atom. The van der Waals surface area contributed by atoms with E-state index in [-0.39, 0.29) is 31.8 Å². The summed E-state index contributed by atoms with van der Waals surface area (Å²) in [5, 5.41) is 16.8. The molecule has 4 atom stereocenters. The summed E-state index contributed by atoms with van der Waals surface area (Å²) in [4.78, 5) is 60.8. The fourth-order valence-electron chi connectivity index (χ4n) is 6.48. The number of nitrogens with zero attached hydrogens (tertiary/aromatic N) is 3. The third-order valence-corrected chi connectivity index (χ3v) is 9.97. The lowest BCUT2D eigenvalue weighted by molar-refractivity contribution is -0.144. The third-order valence-electron chi connectivity index (χ3n) is 9.08. The van der Waals surface area contributed by atoms with Gasteiger partial charge in [0, 0.05) is 36.4 Å². The quantitative estimate of drug-likeness (QED) is 0.272. The van der Waals surface area contributed by atoms with Gasteiger partial charge in [-0.3, -0.25) is 4.79 Å². The van der Waals surface area contributed by atoms with Crippen LogP contribution in [0.5, 0.6) is 11.5 Å². The SMILES string of the molecule is COc1ccc2c(OC3CC4C(=O)NC5(C(=O)O)CC5/C=C\CCCCCN(NC(=O)OC(C)(C)C)C(=O)N4C3)cc(-c3cccs3)nc2c1. The fourth-order valence-corrected chi connectivity index (χ4v) is 7.16. The van der Waals surface area contributed by atoms with Gasteiger partial charge in [-0.2, -0.15) is 0 Å². The topological polar surface area (TPSA) is 160 Å². The Balaban J connectivity index is 1.34. The zero-order valence-electron chi connectivity index (χ0n) is 28.6. The highest BCUT2D eigenvalue weighted by Gasteiger charge is 2.61. The molecule has 6 rings (SSSR count). The van der Waals surface area contributed by atoms with Gasteiger partial charge < -0.3 is 29.5 Å². The number of allylic oxidation sites excluding steroid dienone is 1. The van der Waals surface area contributed by atoms with Gasteiger partial charge >= 0.3 is 18.1 Å². The predicted molar refractivity (Wildman–Crippen MR) is 187 cm³/mol. The average molecular weight is 706 g/mol. The van der Waals surface area contributed by atoms with Crippen LogP contribution in [0.4, 0.5) is 9.59 Å². The van der Waals surface area contributed by atoms with Crippen LogP contribution in [0.3, 0.4) is 0 Å². The number of carbonyl (C=O) groups is 4. The Morgan fingerprint density at radius 1 is 1.14 bits per heavy atom. The molecule has 4 unspecified atom stereocenters. The molecule has 1 aromatic carbocycles. The summed E-state index contributed by atoms with van der Waals surface area (Å²) in [5.74, 6) is -0.931. The first-order chi connectivity index (χ1) is 23.9. The molecule has 266 valence electrons. The number of amides is 4. The molecule has 3 aliphatic rings. The van der Waals surface area contributed by atoms with E-state index >= 15 is 0 Å². The van der Waals surface area contributed by atoms with E-state index in [1.54, 1.807) is 27.9 Å². The van der Waals surface area contributed by atoms with E-state index in [0.29, 0.717) is 29.1 Å². The van der Waals surface area contributed by atoms with Gasteiger partial charge in [-0.15, -0.1) is 11.3 Å². The van der Waals surface area contributed by atoms with Crippen LogP contribution in [-0.4, -0.2) is 87.5 Å². The molecule has 2 fully saturated rings. The molecule has 3 N–H and O–H groups in total. The van der Waals surface area contributed by atoms with Crippen LogP contribution in [0.1, 0.15) is 59.3 Å². The molecule has 0 spiro atoms. The molecule has 14 heteroatoms. The number of hydrazine groups is 1. The maximum atomic E-state index is 14.3. The van der Waals surface area contributed by atoms with Crippen molar-refractivity contribution < 1.29 is 38.5 Å². The number of thiophene rings is 1. The minimum Gasteiger partial charge on any atom is -0.497 e. The first kappa shape index (κ1) is 35.0. The van der Waals surface area contributed by atoms with Crippen LogP contribution < -0.4 is 20.2 Å². The van der Waals surface area contributed by atoms with Gasteiger partial charge in [0.25, 0.3) is 0 Å². The van der Waals surface area contributed by atoms with Gasteiger partial charge in [0.05, 0.1) is 29.7 Å². The molecule has 1 saturated carbocycles. The lowest BCUT2D eigenvalue weighted by Crippen LogP contribution is -2.58. The predicted octanol–water partition coefficient (Wildman–Crippen LogP) is 5.75. The number of urea groups is 1. The van der Waals surface area contributed by atoms with Gasteiger partial charge in [0.15, 0.2) is 0 Å². The summed E-state index contributed by atoms with van der Waals surface area (Å²) in [7, 11) is 1.58. The number of pyridine rings is 1. The monoisotopic (exact) mass is 705 g/mol. The summed E-state index contributed by atoms with van der Waals surface area (Å²) in [6.45, 7) is 5.36. The minimum atomic E-state index is -1.45. The lowest BCUT2D eigenvalue weighted by atomic mass is 10.1. The number of aliphatic carboxylic acids is 1. The number of benzene rings is 1. The highest BCUT2D eigenvalue weighted by atomic mass is 32.1. The molecule has 4 heterocycles. The molecular formula is C36H43N5O8S. The van der Waals surface area contributed by atoms with E-state index in [2.05, 4.69) is 10.7 Å². The van der Waals surface area contributed by atoms with Crippen molar-refractivity contribution in [1.82, 2.24) is 25.6 Å². The van der Waals surface area contributed by atoms with Gasteiger partial charge in [-0.05, 0) is 70.0 Å². The van der Waals surface area contributed by atoms with Crippen molar-refractivity contribution in [3.63, 3.8) is 0 Å². The number of carboxylic acids is 1. The number of hydrogen-bond donors (Lipinski definition) is 3. The zero-order valence-corrected chi connectivity index (χ0v) is 29.5. The summed E-state index contributed by atoms with van der Waals surface area (Å²) in [6.07, 6.45) is 5.59. The lowest BCUT2D eigenvalue weighted by Gasteiger charge is -2.32. The third kappa shape index (κ3) is 7.64. The van der Waals surface area contributed by atoms with Crippen molar-refractivity contribution in [1.29, 1.82) is 0 Å². The molecule has 3 aromatic rings. The molecule has 0 bridgehead atoms. The molecule has 2 aliphatic heterocycles. The number of carboxylic acid groups (broad SMARTS) is 1. The van der Waals surface area contributed by atoms with Crippen molar-refractivity contribution in [3.05, 3.63) is 53.9 Å². The van der Waals surface area contributed by atoms with Gasteiger partial charge in [0.2, 0.25) is 5.91 Å². The number of carbonyl (C=O) groups excluding carboxylic acids is 3. The number of methoxy groups -OCH3 is 1. The molecule has 2 aromatic heterocycles. The van der Waals surface area contributed by atoms with Crippen LogP contribution in [0, 0.1) is 5.92 Å². The highest BCUT2D eigenvalue weighted by Crippen LogP contribution is 2.45. The van der Waals surface area contributed by atoms with Gasteiger partial charge in [-0.25, -0.2) is 29.8 Å². The number of fused-ring (bicyclic) bond motifs is 3. The summed E-state index contributed by atoms with van der Waals surface area (Å²) in [5.41, 5.74) is 1.68. The van der Waals surface area contributed by atoms with E-state index in [1.807, 2.05) is 53.9 Å². The Labute approximate surface area is 294 Å². The van der Waals surface area contributed by atoms with Gasteiger partial charge in [0.1, 0.15) is 34.8 Å². The normalized spacial score (nSPS) is 25.0. The Bertz CT molecular complexity index is 1790. The van der Waals surface area contributed by atoms with Crippen LogP contribution in [0.15, 0.2) is 53.9 Å². The Morgan fingerprint density at radius 3 is 2.68 bits per heavy atom. The van der Waals surface area contributed by atoms with E-state index in [4.69, 9.17) is 19.2 Å². The van der Waals surface area contributed by atoms with Crippen molar-refractivity contribution in [2.75, 3.05) is 20.2 Å². The molecule has 1 saturated heterocycles. The largest absolute Gasteiger partial charge is 0.497 e. The Hall–Kier alpha value is -4.85. The molecule has 1 aliphatic carbocycles. The van der Waals surface area contributed by atoms with Gasteiger partial charge in [-0.1, -0.05) is 24.6 Å². The molecule has 0 radical (unpaired) electrons. The summed E-state index contributed by atoms with van der Waals surface area (Å²) >= 11 is 1.54. The van der Waals surface area contributed by atoms with Crippen molar-refractivity contribution in [2.24, 2.45) is 5.92 Å². The van der Waals surface area contributed by atoms with Crippen LogP contribution in [-0.2, 0) is 14.3 Å². The number of ether oxygens (including phenoxy) is 3. The summed E-state index contributed by atoms with van der Waals surface area (Å²) < 4.78 is 17.5. The van der Waals surface area contributed by atoms with Crippen molar-refractivity contribution in [3.8, 4) is 22.1 Å². The maximum absolute atomic E-state index is 14.3. The van der Waals surface area contributed by atoms with Crippen molar-refractivity contribution in [2.45, 2.75) is 82.6 Å². The second-order valence-corrected chi connectivity index (χ2v) is 14.9. The minimum absolute atomic E-state index is 0.00112. The fraction of sp³-hybridized carbons (Fsp3) is 0.472. The first-order valence-electron chi connectivity index (χ1n) is 16.9. The number of hydrogen-bond acceptors (Lipinski definition) is 9. The first-order valence-corrected chi connectivity index (χ1v) is 17.7. The van der Waals surface area contributed by atoms with Crippen LogP contribution in [0.25, 0.3) is 21.5 Å². The average Bonchev–Trinajstić information content (AvgIpc) is 3.38. The van der Waals surface area contributed by atoms with Crippen LogP contribution in [0.2, 0.25) is 0 Å². The van der Waals surface area contributed by atoms with E-state index in [9.17, 15) is 24.3 Å². The second-order valence-electron chi connectivity index (χ2n) is 13.9. The molecular weight excluding hydrogens is 662 g/mol. The standard InChI is InChI=1S/C36H43N5O8S/c1-35(2,3)49-33(45)39-41-15-9-7-5-6-8-11-22-20-36(22,32(43)44)38-31(42)28-18-24(21-40(28)34(41)46)48-29-19-27(30-12-10-16-50-30)37-26-17-23(47-4)13-14-25(26)29/h8,10-14,16-17,19,22,24,28H,5-7,9,15,18,20-21H2,1-4H3,(H,38,42)(H,39,45)(H,43,44)/b11-8-. The highest BCUT2D eigenvalue weighted by molar-refractivity contribution is 7.13. The Kier molecular flexibility index (Phi) is 9.92. The molecule has 4 amide bonds. The maximum Gasteiger partial charge on any atom is 0.426 e. The second kappa shape index (κ2) is 14.2. The van der Waals surface area contributed by atoms with E-state index in [0.717, 1.165) is 29.5 Å². The van der Waals surface area contributed by atoms with Crippen LogP contribution >= 0.6 is 11.3 Å². The molecule has 13 nitrogen and oxygen atoms in total. The smallest absolute Gasteiger partial charge is 0.426 e. The number of aromatic nitrogens is 1. The molecule has 50 heavy (non-hydrogen) atoms. The van der Waals surface area contributed by atoms with E-state index in [1.165, 1.54) is 21.2 Å². The van der Waals surface area contributed by atoms with Crippen molar-refractivity contribution >= 4 is 46.2 Å². The van der Waals surface area contributed by atoms with E-state index < -0.39 is 47.3 Å². The number of nitrogens with one attached hydrogen (secondary N) is 2.